The number of halogens is 2. The van der Waals surface area contributed by atoms with Crippen molar-refractivity contribution >= 4 is 33.2 Å². The average molecular weight is 320 g/mol. The van der Waals surface area contributed by atoms with Crippen molar-refractivity contribution in [3.05, 3.63) is 59.1 Å². The van der Waals surface area contributed by atoms with Crippen LogP contribution in [0.5, 0.6) is 0 Å². The Morgan fingerprint density at radius 1 is 1.11 bits per heavy atom. The molecule has 6 heteroatoms. The minimum atomic E-state index is -3.44. The number of benzene rings is 1. The van der Waals surface area contributed by atoms with Crippen molar-refractivity contribution in [3.63, 3.8) is 0 Å². The predicted octanol–water partition coefficient (Wildman–Crippen LogP) is 3.50. The lowest BCUT2D eigenvalue weighted by Crippen LogP contribution is -2.32. The van der Waals surface area contributed by atoms with Crippen LogP contribution in [0.1, 0.15) is 5.56 Å². The second kappa shape index (κ2) is 7.10. The Kier molecular flexibility index (Phi) is 6.07. The summed E-state index contributed by atoms with van der Waals surface area (Å²) in [6.45, 7) is 7.59. The first-order valence-electron chi connectivity index (χ1n) is 5.54. The summed E-state index contributed by atoms with van der Waals surface area (Å²) in [6.07, 6.45) is 3.08. The van der Waals surface area contributed by atoms with E-state index in [2.05, 4.69) is 13.2 Å². The molecule has 1 rings (SSSR count). The Morgan fingerprint density at radius 3 is 2.16 bits per heavy atom. The molecule has 0 aliphatic rings. The van der Waals surface area contributed by atoms with Gasteiger partial charge in [-0.15, -0.1) is 13.2 Å². The SMILES string of the molecule is C=CCN(CC=C)S(=O)(=O)Cc1ccc(Cl)c(Cl)c1. The first kappa shape index (κ1) is 16.2. The number of hydrogen-bond acceptors (Lipinski definition) is 2. The largest absolute Gasteiger partial charge is 0.218 e. The van der Waals surface area contributed by atoms with Gasteiger partial charge in [0.25, 0.3) is 0 Å². The fourth-order valence-corrected chi connectivity index (χ4v) is 3.29. The smallest absolute Gasteiger partial charge is 0.212 e. The Bertz CT molecular complexity index is 560. The van der Waals surface area contributed by atoms with Crippen LogP contribution >= 0.6 is 23.2 Å². The van der Waals surface area contributed by atoms with E-state index < -0.39 is 10.0 Å². The second-order valence-electron chi connectivity index (χ2n) is 3.90. The standard InChI is InChI=1S/C13H15Cl2NO2S/c1-3-7-16(8-4-2)19(17,18)10-11-5-6-12(14)13(15)9-11/h3-6,9H,1-2,7-8,10H2. The monoisotopic (exact) mass is 319 g/mol. The van der Waals surface area contributed by atoms with Gasteiger partial charge in [-0.1, -0.05) is 41.4 Å². The highest BCUT2D eigenvalue weighted by molar-refractivity contribution is 7.88. The Balaban J connectivity index is 2.96. The highest BCUT2D eigenvalue weighted by Gasteiger charge is 2.20. The van der Waals surface area contributed by atoms with Gasteiger partial charge in [-0.2, -0.15) is 4.31 Å². The third kappa shape index (κ3) is 4.66. The summed E-state index contributed by atoms with van der Waals surface area (Å²) in [5, 5.41) is 0.741. The van der Waals surface area contributed by atoms with E-state index in [1.165, 1.54) is 16.5 Å². The quantitative estimate of drug-likeness (QED) is 0.721. The molecule has 19 heavy (non-hydrogen) atoms. The molecule has 104 valence electrons. The fraction of sp³-hybridized carbons (Fsp3) is 0.231. The summed E-state index contributed by atoms with van der Waals surface area (Å²) >= 11 is 11.7. The van der Waals surface area contributed by atoms with Crippen LogP contribution in [-0.4, -0.2) is 25.8 Å². The van der Waals surface area contributed by atoms with Crippen LogP contribution in [0.15, 0.2) is 43.5 Å². The Morgan fingerprint density at radius 2 is 1.68 bits per heavy atom. The molecule has 3 nitrogen and oxygen atoms in total. The summed E-state index contributed by atoms with van der Waals surface area (Å²) in [4.78, 5) is 0. The Labute approximate surface area is 124 Å². The lowest BCUT2D eigenvalue weighted by Gasteiger charge is -2.19. The molecule has 1 aromatic rings. The van der Waals surface area contributed by atoms with Crippen molar-refractivity contribution in [2.45, 2.75) is 5.75 Å². The van der Waals surface area contributed by atoms with Crippen LogP contribution in [0.4, 0.5) is 0 Å². The molecule has 0 amide bonds. The number of sulfonamides is 1. The maximum atomic E-state index is 12.2. The van der Waals surface area contributed by atoms with Crippen molar-refractivity contribution in [1.82, 2.24) is 4.31 Å². The molecule has 1 aromatic carbocycles. The molecule has 0 aliphatic heterocycles. The molecule has 0 N–H and O–H groups in total. The van der Waals surface area contributed by atoms with Crippen LogP contribution in [-0.2, 0) is 15.8 Å². The highest BCUT2D eigenvalue weighted by atomic mass is 35.5. The molecule has 0 atom stereocenters. The average Bonchev–Trinajstić information content (AvgIpc) is 2.33. The van der Waals surface area contributed by atoms with E-state index in [9.17, 15) is 8.42 Å². The van der Waals surface area contributed by atoms with Gasteiger partial charge in [0.15, 0.2) is 0 Å². The van der Waals surface area contributed by atoms with E-state index in [0.717, 1.165) is 0 Å². The summed E-state index contributed by atoms with van der Waals surface area (Å²) < 4.78 is 25.8. The van der Waals surface area contributed by atoms with E-state index in [-0.39, 0.29) is 18.8 Å². The molecule has 0 spiro atoms. The number of hydrogen-bond donors (Lipinski definition) is 0. The lowest BCUT2D eigenvalue weighted by atomic mass is 10.2. The predicted molar refractivity (Wildman–Crippen MR) is 81.1 cm³/mol. The zero-order valence-electron chi connectivity index (χ0n) is 10.4. The molecule has 0 aromatic heterocycles. The van der Waals surface area contributed by atoms with Gasteiger partial charge in [-0.05, 0) is 17.7 Å². The maximum Gasteiger partial charge on any atom is 0.218 e. The molecular formula is C13H15Cl2NO2S. The first-order valence-corrected chi connectivity index (χ1v) is 7.90. The normalized spacial score (nSPS) is 11.5. The summed E-state index contributed by atoms with van der Waals surface area (Å²) in [5.41, 5.74) is 0.590. The molecule has 0 radical (unpaired) electrons. The van der Waals surface area contributed by atoms with Crippen molar-refractivity contribution < 1.29 is 8.42 Å². The number of nitrogens with zero attached hydrogens (tertiary/aromatic N) is 1. The molecule has 0 bridgehead atoms. The minimum absolute atomic E-state index is 0.133. The van der Waals surface area contributed by atoms with E-state index in [4.69, 9.17) is 23.2 Å². The van der Waals surface area contributed by atoms with Crippen molar-refractivity contribution in [2.75, 3.05) is 13.1 Å². The first-order chi connectivity index (χ1) is 8.90. The fourth-order valence-electron chi connectivity index (χ4n) is 1.52. The van der Waals surface area contributed by atoms with Crippen molar-refractivity contribution in [3.8, 4) is 0 Å². The van der Waals surface area contributed by atoms with Crippen LogP contribution in [0.25, 0.3) is 0 Å². The topological polar surface area (TPSA) is 37.4 Å². The van der Waals surface area contributed by atoms with Crippen LogP contribution in [0.2, 0.25) is 10.0 Å². The molecule has 0 saturated heterocycles. The molecule has 0 heterocycles. The third-order valence-corrected chi connectivity index (χ3v) is 4.91. The highest BCUT2D eigenvalue weighted by Crippen LogP contribution is 2.24. The zero-order chi connectivity index (χ0) is 14.5. The van der Waals surface area contributed by atoms with E-state index in [1.807, 2.05) is 0 Å². The van der Waals surface area contributed by atoms with E-state index >= 15 is 0 Å². The summed E-state index contributed by atoms with van der Waals surface area (Å²) in [5.74, 6) is -0.133. The Hall–Kier alpha value is -0.810. The van der Waals surface area contributed by atoms with Crippen LogP contribution in [0.3, 0.4) is 0 Å². The van der Waals surface area contributed by atoms with Crippen LogP contribution in [0, 0.1) is 0 Å². The molecular weight excluding hydrogens is 305 g/mol. The lowest BCUT2D eigenvalue weighted by molar-refractivity contribution is 0.473. The van der Waals surface area contributed by atoms with E-state index in [1.54, 1.807) is 18.2 Å². The van der Waals surface area contributed by atoms with Gasteiger partial charge >= 0.3 is 0 Å². The van der Waals surface area contributed by atoms with Gasteiger partial charge in [-0.25, -0.2) is 8.42 Å². The molecule has 0 fully saturated rings. The van der Waals surface area contributed by atoms with Gasteiger partial charge < -0.3 is 0 Å². The van der Waals surface area contributed by atoms with Crippen molar-refractivity contribution in [1.29, 1.82) is 0 Å². The van der Waals surface area contributed by atoms with Gasteiger partial charge in [0.2, 0.25) is 10.0 Å². The van der Waals surface area contributed by atoms with Crippen LogP contribution < -0.4 is 0 Å². The van der Waals surface area contributed by atoms with E-state index in [0.29, 0.717) is 15.6 Å². The second-order valence-corrected chi connectivity index (χ2v) is 6.68. The van der Waals surface area contributed by atoms with Gasteiger partial charge in [0, 0.05) is 13.1 Å². The van der Waals surface area contributed by atoms with Crippen molar-refractivity contribution in [2.24, 2.45) is 0 Å². The molecule has 0 saturated carbocycles. The van der Waals surface area contributed by atoms with Gasteiger partial charge in [-0.3, -0.25) is 0 Å². The summed E-state index contributed by atoms with van der Waals surface area (Å²) in [6, 6.07) is 4.79. The zero-order valence-corrected chi connectivity index (χ0v) is 12.7. The van der Waals surface area contributed by atoms with Gasteiger partial charge in [0.1, 0.15) is 0 Å². The minimum Gasteiger partial charge on any atom is -0.212 e. The maximum absolute atomic E-state index is 12.2. The third-order valence-electron chi connectivity index (χ3n) is 2.39. The molecule has 0 unspecified atom stereocenters. The summed E-state index contributed by atoms with van der Waals surface area (Å²) in [7, 11) is -3.44. The molecule has 0 aliphatic carbocycles. The van der Waals surface area contributed by atoms with Gasteiger partial charge in [0.05, 0.1) is 15.8 Å². The number of rotatable bonds is 7.